The van der Waals surface area contributed by atoms with Crippen LogP contribution in [0.25, 0.3) is 0 Å². The number of sulfonamides is 1. The molecule has 0 radical (unpaired) electrons. The van der Waals surface area contributed by atoms with Gasteiger partial charge in [0.1, 0.15) is 4.90 Å². The van der Waals surface area contributed by atoms with Gasteiger partial charge in [-0.3, -0.25) is 4.79 Å². The molecule has 0 aliphatic carbocycles. The number of carbonyl (C=O) groups excluding carboxylic acids is 1. The topological polar surface area (TPSA) is 98.5 Å². The summed E-state index contributed by atoms with van der Waals surface area (Å²) in [6.45, 7) is 2.55. The maximum absolute atomic E-state index is 14.1. The summed E-state index contributed by atoms with van der Waals surface area (Å²) in [4.78, 5) is 11.2. The average molecular weight is 383 g/mol. The monoisotopic (exact) mass is 382 g/mol. The van der Waals surface area contributed by atoms with Crippen LogP contribution in [-0.2, 0) is 14.8 Å². The first-order valence-corrected chi connectivity index (χ1v) is 8.29. The lowest BCUT2D eigenvalue weighted by atomic mass is 10.1. The second-order valence-corrected chi connectivity index (χ2v) is 7.03. The maximum Gasteiger partial charge on any atom is 0.254 e. The van der Waals surface area contributed by atoms with Crippen molar-refractivity contribution in [2.45, 2.75) is 11.8 Å². The van der Waals surface area contributed by atoms with E-state index in [1.165, 1.54) is 13.2 Å². The van der Waals surface area contributed by atoms with Crippen LogP contribution in [0.15, 0.2) is 21.5 Å². The Hall–Kier alpha value is -1.03. The molecule has 1 unspecified atom stereocenters. The Balaban J connectivity index is 3.03. The summed E-state index contributed by atoms with van der Waals surface area (Å²) in [7, 11) is -2.72. The van der Waals surface area contributed by atoms with Gasteiger partial charge in [0.05, 0.1) is 12.2 Å². The molecular formula is C12H16BrFN2O4S. The normalized spacial score (nSPS) is 13.0. The summed E-state index contributed by atoms with van der Waals surface area (Å²) in [6, 6.07) is 2.20. The first-order chi connectivity index (χ1) is 9.66. The Morgan fingerprint density at radius 1 is 1.52 bits per heavy atom. The van der Waals surface area contributed by atoms with Gasteiger partial charge in [0.2, 0.25) is 10.0 Å². The predicted molar refractivity (Wildman–Crippen MR) is 78.8 cm³/mol. The van der Waals surface area contributed by atoms with Crippen molar-refractivity contribution < 1.29 is 22.3 Å². The quantitative estimate of drug-likeness (QED) is 0.773. The molecule has 1 aromatic carbocycles. The molecule has 9 heteroatoms. The van der Waals surface area contributed by atoms with E-state index >= 15 is 0 Å². The number of benzene rings is 1. The minimum absolute atomic E-state index is 0.0341. The highest BCUT2D eigenvalue weighted by Crippen LogP contribution is 2.23. The second-order valence-electron chi connectivity index (χ2n) is 4.58. The number of carbonyl (C=O) groups is 1. The fraction of sp³-hybridized carbons (Fsp3) is 0.417. The van der Waals surface area contributed by atoms with Gasteiger partial charge in [0.25, 0.3) is 5.91 Å². The third-order valence-corrected chi connectivity index (χ3v) is 3.99. The van der Waals surface area contributed by atoms with E-state index in [9.17, 15) is 17.6 Å². The van der Waals surface area contributed by atoms with Crippen molar-refractivity contribution >= 4 is 31.9 Å². The van der Waals surface area contributed by atoms with Gasteiger partial charge in [0, 0.05) is 18.1 Å². The fourth-order valence-electron chi connectivity index (χ4n) is 1.64. The van der Waals surface area contributed by atoms with Crippen LogP contribution in [0.4, 0.5) is 4.39 Å². The Morgan fingerprint density at radius 3 is 2.67 bits per heavy atom. The molecule has 21 heavy (non-hydrogen) atoms. The lowest BCUT2D eigenvalue weighted by molar-refractivity contribution is 0.0929. The Kier molecular flexibility index (Phi) is 6.26. The van der Waals surface area contributed by atoms with E-state index < -0.39 is 32.2 Å². The fourth-order valence-corrected chi connectivity index (χ4v) is 2.90. The molecule has 1 aromatic rings. The Labute approximate surface area is 131 Å². The Morgan fingerprint density at radius 2 is 2.14 bits per heavy atom. The number of rotatable bonds is 6. The summed E-state index contributed by atoms with van der Waals surface area (Å²) in [5, 5.41) is 7.44. The second kappa shape index (κ2) is 7.30. The van der Waals surface area contributed by atoms with Crippen molar-refractivity contribution in [1.29, 1.82) is 0 Å². The molecular weight excluding hydrogens is 367 g/mol. The van der Waals surface area contributed by atoms with E-state index in [-0.39, 0.29) is 16.9 Å². The van der Waals surface area contributed by atoms with Gasteiger partial charge in [-0.25, -0.2) is 17.9 Å². The van der Waals surface area contributed by atoms with Crippen molar-refractivity contribution in [3.8, 4) is 0 Å². The number of hydrogen-bond donors (Lipinski definition) is 2. The van der Waals surface area contributed by atoms with Crippen molar-refractivity contribution in [3.05, 3.63) is 28.0 Å². The van der Waals surface area contributed by atoms with Gasteiger partial charge in [-0.2, -0.15) is 0 Å². The molecule has 0 saturated heterocycles. The number of ether oxygens (including phenoxy) is 1. The molecule has 0 aliphatic heterocycles. The van der Waals surface area contributed by atoms with E-state index in [1.54, 1.807) is 0 Å². The van der Waals surface area contributed by atoms with Gasteiger partial charge in [-0.05, 0) is 18.1 Å². The number of primary sulfonamides is 1. The number of methoxy groups -OCH3 is 1. The van der Waals surface area contributed by atoms with Crippen LogP contribution in [0.3, 0.4) is 0 Å². The van der Waals surface area contributed by atoms with Crippen LogP contribution in [0.2, 0.25) is 0 Å². The molecule has 6 nitrogen and oxygen atoms in total. The average Bonchev–Trinajstić information content (AvgIpc) is 2.37. The molecule has 1 atom stereocenters. The highest BCUT2D eigenvalue weighted by Gasteiger charge is 2.22. The standard InChI is InChI=1S/C12H16BrFN2O4S/c1-7(6-20-2)5-16-12(17)9-3-8(13)4-10(11(9)14)21(15,18)19/h3-4,7H,5-6H2,1-2H3,(H,16,17)(H2,15,18,19). The summed E-state index contributed by atoms with van der Waals surface area (Å²) in [6.07, 6.45) is 0. The molecule has 0 heterocycles. The minimum Gasteiger partial charge on any atom is -0.384 e. The molecule has 0 spiro atoms. The molecule has 3 N–H and O–H groups in total. The van der Waals surface area contributed by atoms with E-state index in [2.05, 4.69) is 21.2 Å². The third kappa shape index (κ3) is 5.03. The Bertz CT molecular complexity index is 636. The smallest absolute Gasteiger partial charge is 0.254 e. The highest BCUT2D eigenvalue weighted by molar-refractivity contribution is 9.10. The SMILES string of the molecule is COCC(C)CNC(=O)c1cc(Br)cc(S(N)(=O)=O)c1F. The molecule has 1 amide bonds. The zero-order chi connectivity index (χ0) is 16.2. The summed E-state index contributed by atoms with van der Waals surface area (Å²) < 4.78 is 41.9. The predicted octanol–water partition coefficient (Wildman–Crippen LogP) is 1.25. The molecule has 0 aliphatic rings. The van der Waals surface area contributed by atoms with E-state index in [4.69, 9.17) is 9.88 Å². The zero-order valence-corrected chi connectivity index (χ0v) is 13.9. The van der Waals surface area contributed by atoms with Gasteiger partial charge >= 0.3 is 0 Å². The van der Waals surface area contributed by atoms with Crippen LogP contribution in [0.1, 0.15) is 17.3 Å². The van der Waals surface area contributed by atoms with Gasteiger partial charge < -0.3 is 10.1 Å². The number of halogens is 2. The van der Waals surface area contributed by atoms with E-state index in [0.29, 0.717) is 6.61 Å². The van der Waals surface area contributed by atoms with Crippen LogP contribution in [0.5, 0.6) is 0 Å². The molecule has 0 saturated carbocycles. The van der Waals surface area contributed by atoms with Crippen LogP contribution in [-0.4, -0.2) is 34.6 Å². The zero-order valence-electron chi connectivity index (χ0n) is 11.5. The van der Waals surface area contributed by atoms with Crippen LogP contribution < -0.4 is 10.5 Å². The molecule has 0 bridgehead atoms. The lowest BCUT2D eigenvalue weighted by Crippen LogP contribution is -2.31. The van der Waals surface area contributed by atoms with Crippen molar-refractivity contribution in [2.75, 3.05) is 20.3 Å². The van der Waals surface area contributed by atoms with Crippen LogP contribution >= 0.6 is 15.9 Å². The number of amides is 1. The number of nitrogens with two attached hydrogens (primary N) is 1. The van der Waals surface area contributed by atoms with Crippen LogP contribution in [0, 0.1) is 11.7 Å². The van der Waals surface area contributed by atoms with Crippen molar-refractivity contribution in [2.24, 2.45) is 11.1 Å². The molecule has 1 rings (SSSR count). The summed E-state index contributed by atoms with van der Waals surface area (Å²) in [5.41, 5.74) is -0.391. The van der Waals surface area contributed by atoms with Gasteiger partial charge in [-0.15, -0.1) is 0 Å². The molecule has 0 fully saturated rings. The van der Waals surface area contributed by atoms with E-state index in [1.807, 2.05) is 6.92 Å². The lowest BCUT2D eigenvalue weighted by Gasteiger charge is -2.13. The van der Waals surface area contributed by atoms with Gasteiger partial charge in [0.15, 0.2) is 5.82 Å². The van der Waals surface area contributed by atoms with Crippen molar-refractivity contribution in [3.63, 3.8) is 0 Å². The number of nitrogens with one attached hydrogen (secondary N) is 1. The minimum atomic E-state index is -4.26. The maximum atomic E-state index is 14.1. The first-order valence-electron chi connectivity index (χ1n) is 5.95. The third-order valence-electron chi connectivity index (χ3n) is 2.62. The summed E-state index contributed by atoms with van der Waals surface area (Å²) in [5.74, 6) is -1.86. The highest BCUT2D eigenvalue weighted by atomic mass is 79.9. The number of hydrogen-bond acceptors (Lipinski definition) is 4. The first kappa shape index (κ1) is 18.0. The van der Waals surface area contributed by atoms with Gasteiger partial charge in [-0.1, -0.05) is 22.9 Å². The van der Waals surface area contributed by atoms with E-state index in [0.717, 1.165) is 6.07 Å². The summed E-state index contributed by atoms with van der Waals surface area (Å²) >= 11 is 3.03. The van der Waals surface area contributed by atoms with Crippen molar-refractivity contribution in [1.82, 2.24) is 5.32 Å². The molecule has 118 valence electrons. The molecule has 0 aromatic heterocycles. The largest absolute Gasteiger partial charge is 0.384 e.